The number of halogens is 3. The van der Waals surface area contributed by atoms with Crippen LogP contribution >= 0.6 is 39.1 Å². The molecule has 0 heterocycles. The van der Waals surface area contributed by atoms with Gasteiger partial charge in [-0.05, 0) is 39.7 Å². The zero-order chi connectivity index (χ0) is 13.8. The quantitative estimate of drug-likeness (QED) is 0.850. The molecule has 19 heavy (non-hydrogen) atoms. The van der Waals surface area contributed by atoms with Crippen molar-refractivity contribution in [3.05, 3.63) is 62.0 Å². The second kappa shape index (κ2) is 6.62. The van der Waals surface area contributed by atoms with Crippen molar-refractivity contribution < 1.29 is 4.74 Å². The van der Waals surface area contributed by atoms with Crippen LogP contribution in [-0.2, 0) is 13.2 Å². The van der Waals surface area contributed by atoms with E-state index in [9.17, 15) is 0 Å². The summed E-state index contributed by atoms with van der Waals surface area (Å²) >= 11 is 15.3. The van der Waals surface area contributed by atoms with E-state index >= 15 is 0 Å². The monoisotopic (exact) mass is 359 g/mol. The number of rotatable bonds is 4. The lowest BCUT2D eigenvalue weighted by molar-refractivity contribution is 0.301. The van der Waals surface area contributed by atoms with Gasteiger partial charge in [0.2, 0.25) is 0 Å². The second-order valence-electron chi connectivity index (χ2n) is 3.97. The Kier molecular flexibility index (Phi) is 5.11. The van der Waals surface area contributed by atoms with Crippen LogP contribution in [-0.4, -0.2) is 0 Å². The van der Waals surface area contributed by atoms with Crippen LogP contribution in [0, 0.1) is 0 Å². The van der Waals surface area contributed by atoms with Gasteiger partial charge in [0.05, 0.1) is 14.5 Å². The molecule has 0 bridgehead atoms. The van der Waals surface area contributed by atoms with Crippen molar-refractivity contribution in [3.8, 4) is 5.75 Å². The highest BCUT2D eigenvalue weighted by atomic mass is 79.9. The number of hydrogen-bond donors (Lipinski definition) is 1. The summed E-state index contributed by atoms with van der Waals surface area (Å²) in [5, 5.41) is 1.06. The molecule has 0 atom stereocenters. The highest BCUT2D eigenvalue weighted by molar-refractivity contribution is 9.10. The zero-order valence-electron chi connectivity index (χ0n) is 10.00. The van der Waals surface area contributed by atoms with Crippen LogP contribution in [0.25, 0.3) is 0 Å². The summed E-state index contributed by atoms with van der Waals surface area (Å²) in [6, 6.07) is 11.2. The van der Waals surface area contributed by atoms with E-state index < -0.39 is 0 Å². The van der Waals surface area contributed by atoms with E-state index in [1.165, 1.54) is 0 Å². The fraction of sp³-hybridized carbons (Fsp3) is 0.143. The Morgan fingerprint density at radius 2 is 1.89 bits per heavy atom. The van der Waals surface area contributed by atoms with Crippen LogP contribution in [0.5, 0.6) is 5.75 Å². The first kappa shape index (κ1) is 14.7. The molecule has 2 N–H and O–H groups in total. The SMILES string of the molecule is NCc1cccc(Br)c1OCc1ccc(Cl)c(Cl)c1. The molecule has 0 saturated heterocycles. The Morgan fingerprint density at radius 3 is 2.58 bits per heavy atom. The summed E-state index contributed by atoms with van der Waals surface area (Å²) in [6.07, 6.45) is 0. The highest BCUT2D eigenvalue weighted by Gasteiger charge is 2.07. The Labute approximate surface area is 130 Å². The third-order valence-corrected chi connectivity index (χ3v) is 4.00. The normalized spacial score (nSPS) is 10.5. The van der Waals surface area contributed by atoms with E-state index in [0.717, 1.165) is 21.3 Å². The van der Waals surface area contributed by atoms with Crippen LogP contribution in [0.4, 0.5) is 0 Å². The lowest BCUT2D eigenvalue weighted by Crippen LogP contribution is -2.03. The maximum absolute atomic E-state index is 5.97. The Bertz CT molecular complexity index is 590. The minimum Gasteiger partial charge on any atom is -0.487 e. The first-order chi connectivity index (χ1) is 9.11. The van der Waals surface area contributed by atoms with Crippen LogP contribution < -0.4 is 10.5 Å². The van der Waals surface area contributed by atoms with Crippen molar-refractivity contribution in [2.24, 2.45) is 5.73 Å². The molecule has 5 heteroatoms. The van der Waals surface area contributed by atoms with Crippen molar-refractivity contribution in [1.29, 1.82) is 0 Å². The fourth-order valence-electron chi connectivity index (χ4n) is 1.66. The number of ether oxygens (including phenoxy) is 1. The lowest BCUT2D eigenvalue weighted by Gasteiger charge is -2.12. The number of hydrogen-bond acceptors (Lipinski definition) is 2. The van der Waals surface area contributed by atoms with Crippen molar-refractivity contribution in [2.45, 2.75) is 13.2 Å². The van der Waals surface area contributed by atoms with Gasteiger partial charge in [0.25, 0.3) is 0 Å². The molecule has 0 radical (unpaired) electrons. The van der Waals surface area contributed by atoms with E-state index in [0.29, 0.717) is 23.2 Å². The Hall–Kier alpha value is -0.740. The molecular weight excluding hydrogens is 349 g/mol. The molecule has 0 aliphatic rings. The summed E-state index contributed by atoms with van der Waals surface area (Å²) < 4.78 is 6.70. The van der Waals surface area contributed by atoms with Crippen LogP contribution in [0.3, 0.4) is 0 Å². The van der Waals surface area contributed by atoms with Gasteiger partial charge in [-0.3, -0.25) is 0 Å². The number of nitrogens with two attached hydrogens (primary N) is 1. The minimum atomic E-state index is 0.409. The number of para-hydroxylation sites is 1. The van der Waals surface area contributed by atoms with Crippen molar-refractivity contribution in [1.82, 2.24) is 0 Å². The maximum atomic E-state index is 5.97. The first-order valence-corrected chi connectivity index (χ1v) is 7.21. The van der Waals surface area contributed by atoms with Crippen LogP contribution in [0.1, 0.15) is 11.1 Å². The maximum Gasteiger partial charge on any atom is 0.138 e. The van der Waals surface area contributed by atoms with Gasteiger partial charge in [-0.15, -0.1) is 0 Å². The topological polar surface area (TPSA) is 35.2 Å². The first-order valence-electron chi connectivity index (χ1n) is 5.66. The van der Waals surface area contributed by atoms with E-state index in [-0.39, 0.29) is 0 Å². The molecule has 0 amide bonds. The number of benzene rings is 2. The van der Waals surface area contributed by atoms with Gasteiger partial charge in [0, 0.05) is 12.1 Å². The van der Waals surface area contributed by atoms with Crippen molar-refractivity contribution >= 4 is 39.1 Å². The smallest absolute Gasteiger partial charge is 0.138 e. The van der Waals surface area contributed by atoms with Gasteiger partial charge in [-0.25, -0.2) is 0 Å². The fourth-order valence-corrected chi connectivity index (χ4v) is 2.50. The molecule has 0 aliphatic heterocycles. The molecule has 2 nitrogen and oxygen atoms in total. The summed E-state index contributed by atoms with van der Waals surface area (Å²) in [5.74, 6) is 0.760. The molecular formula is C14H12BrCl2NO. The average Bonchev–Trinajstić information content (AvgIpc) is 2.41. The minimum absolute atomic E-state index is 0.409. The van der Waals surface area contributed by atoms with Gasteiger partial charge < -0.3 is 10.5 Å². The summed E-state index contributed by atoms with van der Waals surface area (Å²) in [6.45, 7) is 0.836. The zero-order valence-corrected chi connectivity index (χ0v) is 13.1. The van der Waals surface area contributed by atoms with Gasteiger partial charge in [-0.2, -0.15) is 0 Å². The predicted molar refractivity (Wildman–Crippen MR) is 82.8 cm³/mol. The molecule has 0 spiro atoms. The highest BCUT2D eigenvalue weighted by Crippen LogP contribution is 2.30. The average molecular weight is 361 g/mol. The standard InChI is InChI=1S/C14H12BrCl2NO/c15-11-3-1-2-10(7-18)14(11)19-8-9-4-5-12(16)13(17)6-9/h1-6H,7-8,18H2. The second-order valence-corrected chi connectivity index (χ2v) is 5.64. The molecule has 2 aromatic rings. The van der Waals surface area contributed by atoms with E-state index in [1.54, 1.807) is 12.1 Å². The molecule has 2 rings (SSSR count). The summed E-state index contributed by atoms with van der Waals surface area (Å²) in [5.41, 5.74) is 7.60. The molecule has 0 fully saturated rings. The van der Waals surface area contributed by atoms with Crippen LogP contribution in [0.15, 0.2) is 40.9 Å². The summed E-state index contributed by atoms with van der Waals surface area (Å²) in [4.78, 5) is 0. The lowest BCUT2D eigenvalue weighted by atomic mass is 10.2. The Morgan fingerprint density at radius 1 is 1.11 bits per heavy atom. The van der Waals surface area contributed by atoms with E-state index in [2.05, 4.69) is 15.9 Å². The molecule has 0 unspecified atom stereocenters. The molecule has 2 aromatic carbocycles. The van der Waals surface area contributed by atoms with Gasteiger partial charge in [0.15, 0.2) is 0 Å². The van der Waals surface area contributed by atoms with Gasteiger partial charge in [0.1, 0.15) is 12.4 Å². The largest absolute Gasteiger partial charge is 0.487 e. The van der Waals surface area contributed by atoms with Crippen LogP contribution in [0.2, 0.25) is 10.0 Å². The van der Waals surface area contributed by atoms with E-state index in [4.69, 9.17) is 33.7 Å². The molecule has 0 aliphatic carbocycles. The van der Waals surface area contributed by atoms with Crippen molar-refractivity contribution in [3.63, 3.8) is 0 Å². The van der Waals surface area contributed by atoms with E-state index in [1.807, 2.05) is 24.3 Å². The molecule has 100 valence electrons. The summed E-state index contributed by atoms with van der Waals surface area (Å²) in [7, 11) is 0. The predicted octanol–water partition coefficient (Wildman–Crippen LogP) is 4.79. The third kappa shape index (κ3) is 3.63. The molecule has 0 saturated carbocycles. The third-order valence-electron chi connectivity index (χ3n) is 2.64. The van der Waals surface area contributed by atoms with Gasteiger partial charge >= 0.3 is 0 Å². The van der Waals surface area contributed by atoms with Gasteiger partial charge in [-0.1, -0.05) is 41.4 Å². The van der Waals surface area contributed by atoms with Crippen molar-refractivity contribution in [2.75, 3.05) is 0 Å². The molecule has 0 aromatic heterocycles. The Balaban J connectivity index is 2.16.